The maximum atomic E-state index is 5.35. The van der Waals surface area contributed by atoms with E-state index in [1.165, 1.54) is 82.2 Å². The minimum absolute atomic E-state index is 0.0717. The van der Waals surface area contributed by atoms with Gasteiger partial charge < -0.3 is 0 Å². The molecule has 0 atom stereocenters. The van der Waals surface area contributed by atoms with E-state index < -0.39 is 0 Å². The van der Waals surface area contributed by atoms with Crippen molar-refractivity contribution in [1.29, 1.82) is 0 Å². The Labute approximate surface area is 355 Å². The molecule has 12 rings (SSSR count). The van der Waals surface area contributed by atoms with Crippen molar-refractivity contribution >= 4 is 43.1 Å². The predicted octanol–water partition coefficient (Wildman–Crippen LogP) is 15.7. The lowest BCUT2D eigenvalue weighted by atomic mass is 9.81. The Balaban J connectivity index is 1.01. The van der Waals surface area contributed by atoms with Crippen LogP contribution in [0.1, 0.15) is 25.0 Å². The number of aromatic nitrogens is 2. The van der Waals surface area contributed by atoms with Gasteiger partial charge in [-0.15, -0.1) is 0 Å². The van der Waals surface area contributed by atoms with Crippen LogP contribution in [-0.2, 0) is 5.41 Å². The number of hydrogen-bond donors (Lipinski definition) is 0. The highest BCUT2D eigenvalue weighted by Gasteiger charge is 2.36. The fraction of sp³-hybridized carbons (Fsp3) is 0.0508. The van der Waals surface area contributed by atoms with E-state index in [0.717, 1.165) is 33.5 Å². The van der Waals surface area contributed by atoms with Crippen molar-refractivity contribution in [2.24, 2.45) is 0 Å². The van der Waals surface area contributed by atoms with Crippen molar-refractivity contribution in [2.45, 2.75) is 19.3 Å². The van der Waals surface area contributed by atoms with Crippen LogP contribution in [0.3, 0.4) is 0 Å². The first-order valence-corrected chi connectivity index (χ1v) is 21.1. The number of hydrogen-bond acceptors (Lipinski definition) is 2. The van der Waals surface area contributed by atoms with E-state index in [4.69, 9.17) is 9.97 Å². The average Bonchev–Trinajstić information content (AvgIpc) is 3.54. The molecule has 1 aliphatic carbocycles. The summed E-state index contributed by atoms with van der Waals surface area (Å²) in [5.74, 6) is 0.710. The molecule has 1 aliphatic rings. The normalized spacial score (nSPS) is 12.9. The van der Waals surface area contributed by atoms with Crippen LogP contribution in [-0.4, -0.2) is 9.97 Å². The largest absolute Gasteiger partial charge is 0.228 e. The van der Waals surface area contributed by atoms with Gasteiger partial charge in [-0.25, -0.2) is 9.97 Å². The van der Waals surface area contributed by atoms with Crippen molar-refractivity contribution in [3.63, 3.8) is 0 Å². The maximum absolute atomic E-state index is 5.35. The summed E-state index contributed by atoms with van der Waals surface area (Å²) in [5.41, 5.74) is 15.2. The molecule has 2 nitrogen and oxygen atoms in total. The molecule has 0 fully saturated rings. The molecular weight excluding hydrogens is 737 g/mol. The third kappa shape index (κ3) is 5.64. The molecule has 0 radical (unpaired) electrons. The van der Waals surface area contributed by atoms with E-state index in [1.807, 2.05) is 6.07 Å². The first-order chi connectivity index (χ1) is 30.0. The van der Waals surface area contributed by atoms with E-state index in [1.54, 1.807) is 0 Å². The quantitative estimate of drug-likeness (QED) is 0.174. The zero-order chi connectivity index (χ0) is 40.7. The van der Waals surface area contributed by atoms with Crippen molar-refractivity contribution in [2.75, 3.05) is 0 Å². The van der Waals surface area contributed by atoms with Gasteiger partial charge in [0.05, 0.1) is 11.4 Å². The minimum Gasteiger partial charge on any atom is -0.228 e. The van der Waals surface area contributed by atoms with Crippen molar-refractivity contribution in [1.82, 2.24) is 9.97 Å². The smallest absolute Gasteiger partial charge is 0.161 e. The summed E-state index contributed by atoms with van der Waals surface area (Å²) in [6.45, 7) is 4.73. The number of benzene rings is 10. The highest BCUT2D eigenvalue weighted by Crippen LogP contribution is 2.51. The lowest BCUT2D eigenvalue weighted by molar-refractivity contribution is 0.661. The lowest BCUT2D eigenvalue weighted by Crippen LogP contribution is -2.14. The van der Waals surface area contributed by atoms with E-state index >= 15 is 0 Å². The Morgan fingerprint density at radius 2 is 0.820 bits per heavy atom. The van der Waals surface area contributed by atoms with Gasteiger partial charge in [-0.2, -0.15) is 0 Å². The highest BCUT2D eigenvalue weighted by molar-refractivity contribution is 6.12. The first-order valence-electron chi connectivity index (χ1n) is 21.1. The van der Waals surface area contributed by atoms with Crippen LogP contribution in [0, 0.1) is 0 Å². The standard InChI is InChI=1S/C59H40N2/c1-59(2)54-32-27-41(34-52(54)53-33-39-18-6-7-19-40(39)35-55(53)59)43-28-29-48(45-23-11-10-22-44(43)45)49-30-31-51(47-25-13-12-24-46(47)49)58-60-56(38-16-4-3-5-17-38)36-57(61-58)50-26-14-20-37-15-8-9-21-42(37)50/h3-36H,1-2H3. The Hall–Kier alpha value is -7.68. The fourth-order valence-electron chi connectivity index (χ4n) is 10.0. The van der Waals surface area contributed by atoms with Gasteiger partial charge >= 0.3 is 0 Å². The molecule has 2 heteroatoms. The summed E-state index contributed by atoms with van der Waals surface area (Å²) in [5, 5.41) is 9.69. The highest BCUT2D eigenvalue weighted by atomic mass is 14.9. The molecule has 0 aliphatic heterocycles. The van der Waals surface area contributed by atoms with E-state index in [9.17, 15) is 0 Å². The Bertz CT molecular complexity index is 3560. The molecule has 0 spiro atoms. The topological polar surface area (TPSA) is 25.8 Å². The molecule has 0 unspecified atom stereocenters. The summed E-state index contributed by atoms with van der Waals surface area (Å²) < 4.78 is 0. The Kier molecular flexibility index (Phi) is 7.92. The minimum atomic E-state index is -0.0717. The number of nitrogens with zero attached hydrogens (tertiary/aromatic N) is 2. The van der Waals surface area contributed by atoms with Gasteiger partial charge in [0.25, 0.3) is 0 Å². The molecule has 1 aromatic heterocycles. The molecule has 0 N–H and O–H groups in total. The van der Waals surface area contributed by atoms with E-state index in [2.05, 4.69) is 214 Å². The monoisotopic (exact) mass is 776 g/mol. The molecule has 1 heterocycles. The molecule has 11 aromatic rings. The van der Waals surface area contributed by atoms with Crippen LogP contribution < -0.4 is 0 Å². The summed E-state index contributed by atoms with van der Waals surface area (Å²) in [4.78, 5) is 10.6. The zero-order valence-corrected chi connectivity index (χ0v) is 34.0. The van der Waals surface area contributed by atoms with Crippen molar-refractivity contribution in [3.05, 3.63) is 217 Å². The van der Waals surface area contributed by atoms with Crippen LogP contribution in [0.4, 0.5) is 0 Å². The predicted molar refractivity (Wildman–Crippen MR) is 257 cm³/mol. The Morgan fingerprint density at radius 3 is 1.54 bits per heavy atom. The second-order valence-corrected chi connectivity index (χ2v) is 16.9. The molecule has 286 valence electrons. The third-order valence-electron chi connectivity index (χ3n) is 13.1. The summed E-state index contributed by atoms with van der Waals surface area (Å²) in [6.07, 6.45) is 0. The Morgan fingerprint density at radius 1 is 0.295 bits per heavy atom. The van der Waals surface area contributed by atoms with Gasteiger partial charge in [0.15, 0.2) is 5.82 Å². The molecule has 0 bridgehead atoms. The fourth-order valence-corrected chi connectivity index (χ4v) is 10.0. The summed E-state index contributed by atoms with van der Waals surface area (Å²) in [7, 11) is 0. The van der Waals surface area contributed by atoms with Gasteiger partial charge in [-0.1, -0.05) is 190 Å². The van der Waals surface area contributed by atoms with Crippen LogP contribution in [0.2, 0.25) is 0 Å². The van der Waals surface area contributed by atoms with Crippen LogP contribution in [0.5, 0.6) is 0 Å². The molecule has 0 amide bonds. The van der Waals surface area contributed by atoms with Crippen molar-refractivity contribution < 1.29 is 0 Å². The van der Waals surface area contributed by atoms with Crippen molar-refractivity contribution in [3.8, 4) is 67.3 Å². The summed E-state index contributed by atoms with van der Waals surface area (Å²) >= 11 is 0. The van der Waals surface area contributed by atoms with Gasteiger partial charge in [-0.05, 0) is 118 Å². The summed E-state index contributed by atoms with van der Waals surface area (Å²) in [6, 6.07) is 74.9. The van der Waals surface area contributed by atoms with Gasteiger partial charge in [0.1, 0.15) is 0 Å². The van der Waals surface area contributed by atoms with E-state index in [-0.39, 0.29) is 5.41 Å². The van der Waals surface area contributed by atoms with Gasteiger partial charge in [0, 0.05) is 22.1 Å². The zero-order valence-electron chi connectivity index (χ0n) is 34.0. The third-order valence-corrected chi connectivity index (χ3v) is 13.1. The second-order valence-electron chi connectivity index (χ2n) is 16.9. The maximum Gasteiger partial charge on any atom is 0.161 e. The first kappa shape index (κ1) is 35.3. The molecule has 10 aromatic carbocycles. The number of fused-ring (bicyclic) bond motifs is 7. The van der Waals surface area contributed by atoms with Crippen LogP contribution in [0.25, 0.3) is 110 Å². The van der Waals surface area contributed by atoms with Gasteiger partial charge in [-0.3, -0.25) is 0 Å². The molecule has 61 heavy (non-hydrogen) atoms. The van der Waals surface area contributed by atoms with Crippen LogP contribution >= 0.6 is 0 Å². The lowest BCUT2D eigenvalue weighted by Gasteiger charge is -2.22. The molecule has 0 saturated carbocycles. The average molecular weight is 777 g/mol. The molecular formula is C59H40N2. The second kappa shape index (κ2) is 13.7. The molecule has 0 saturated heterocycles. The SMILES string of the molecule is CC1(C)c2ccc(-c3ccc(-c4ccc(-c5nc(-c6ccccc6)cc(-c6cccc7ccccc67)n5)c5ccccc45)c4ccccc34)cc2-c2cc3ccccc3cc21. The number of rotatable bonds is 5. The van der Waals surface area contributed by atoms with E-state index in [0.29, 0.717) is 5.82 Å². The van der Waals surface area contributed by atoms with Gasteiger partial charge in [0.2, 0.25) is 0 Å². The van der Waals surface area contributed by atoms with Crippen LogP contribution in [0.15, 0.2) is 206 Å².